The summed E-state index contributed by atoms with van der Waals surface area (Å²) in [6, 6.07) is 3.96. The van der Waals surface area contributed by atoms with E-state index in [-0.39, 0.29) is 11.8 Å². The average Bonchev–Trinajstić information content (AvgIpc) is 2.61. The second kappa shape index (κ2) is 8.15. The molecule has 6 nitrogen and oxygen atoms in total. The number of aliphatic hydroxyl groups is 2. The average molecular weight is 407 g/mol. The lowest BCUT2D eigenvalue weighted by molar-refractivity contribution is -0.140. The number of ether oxygens (including phenoxy) is 2. The fraction of sp³-hybridized carbons (Fsp3) is 0.696. The van der Waals surface area contributed by atoms with E-state index in [0.717, 1.165) is 36.8 Å². The normalized spacial score (nSPS) is 30.1. The molecule has 0 saturated heterocycles. The molecule has 1 fully saturated rings. The van der Waals surface area contributed by atoms with Crippen LogP contribution in [0.15, 0.2) is 12.1 Å². The van der Waals surface area contributed by atoms with E-state index in [1.807, 2.05) is 26.0 Å². The zero-order valence-electron chi connectivity index (χ0n) is 17.9. The maximum Gasteiger partial charge on any atom is 0.341 e. The maximum atomic E-state index is 11.1. The molecule has 3 N–H and O–H groups in total. The number of benzene rings is 1. The van der Waals surface area contributed by atoms with Gasteiger partial charge in [-0.15, -0.1) is 0 Å². The van der Waals surface area contributed by atoms with Gasteiger partial charge in [0.2, 0.25) is 0 Å². The molecule has 1 heterocycles. The standard InChI is InChI=1S/C23H34O6/c1-5-6-7-8-14-9-17(28-13-20(25)26)21-15-12-23(4,27)19(24)11-16(15)22(2,3)29-18(21)10-14/h9-10,15-16,19,24,27H,5-8,11-13H2,1-4H3,(H,25,26)/t15-,16-,19?,23?/m1/s1. The predicted molar refractivity (Wildman–Crippen MR) is 110 cm³/mol. The van der Waals surface area contributed by atoms with Gasteiger partial charge in [0.15, 0.2) is 6.61 Å². The molecule has 1 aromatic rings. The van der Waals surface area contributed by atoms with Crippen molar-refractivity contribution in [1.82, 2.24) is 0 Å². The molecule has 1 aliphatic heterocycles. The quantitative estimate of drug-likeness (QED) is 0.598. The molecule has 0 bridgehead atoms. The predicted octanol–water partition coefficient (Wildman–Crippen LogP) is 3.66. The second-order valence-corrected chi connectivity index (χ2v) is 9.38. The summed E-state index contributed by atoms with van der Waals surface area (Å²) < 4.78 is 12.1. The van der Waals surface area contributed by atoms with E-state index < -0.39 is 29.9 Å². The van der Waals surface area contributed by atoms with Crippen LogP contribution in [0.25, 0.3) is 0 Å². The lowest BCUT2D eigenvalue weighted by Gasteiger charge is -2.52. The van der Waals surface area contributed by atoms with Crippen LogP contribution in [0.1, 0.15) is 76.8 Å². The van der Waals surface area contributed by atoms with Crippen LogP contribution in [0.4, 0.5) is 0 Å². The van der Waals surface area contributed by atoms with Crippen LogP contribution in [-0.2, 0) is 11.2 Å². The smallest absolute Gasteiger partial charge is 0.341 e. The highest BCUT2D eigenvalue weighted by molar-refractivity contribution is 5.68. The van der Waals surface area contributed by atoms with E-state index in [9.17, 15) is 15.0 Å². The van der Waals surface area contributed by atoms with Crippen LogP contribution in [0.2, 0.25) is 0 Å². The number of carboxylic acids is 1. The van der Waals surface area contributed by atoms with Crippen molar-refractivity contribution >= 4 is 5.97 Å². The van der Waals surface area contributed by atoms with Crippen LogP contribution in [0, 0.1) is 5.92 Å². The van der Waals surface area contributed by atoms with Gasteiger partial charge >= 0.3 is 5.97 Å². The fourth-order valence-electron chi connectivity index (χ4n) is 4.90. The first-order valence-corrected chi connectivity index (χ1v) is 10.7. The molecular weight excluding hydrogens is 372 g/mol. The number of unbranched alkanes of at least 4 members (excludes halogenated alkanes) is 2. The van der Waals surface area contributed by atoms with E-state index in [4.69, 9.17) is 14.6 Å². The third kappa shape index (κ3) is 4.53. The molecule has 4 atom stereocenters. The van der Waals surface area contributed by atoms with Gasteiger partial charge in [0.05, 0.1) is 11.7 Å². The van der Waals surface area contributed by atoms with Crippen LogP contribution < -0.4 is 9.47 Å². The highest BCUT2D eigenvalue weighted by atomic mass is 16.5. The molecular formula is C23H34O6. The van der Waals surface area contributed by atoms with Crippen molar-refractivity contribution in [2.45, 2.75) is 89.4 Å². The topological polar surface area (TPSA) is 96.2 Å². The van der Waals surface area contributed by atoms with Gasteiger partial charge in [-0.3, -0.25) is 0 Å². The van der Waals surface area contributed by atoms with Crippen LogP contribution in [0.3, 0.4) is 0 Å². The monoisotopic (exact) mass is 406 g/mol. The summed E-state index contributed by atoms with van der Waals surface area (Å²) in [6.45, 7) is 7.42. The Labute approximate surface area is 172 Å². The number of aliphatic carboxylic acids is 1. The third-order valence-corrected chi connectivity index (χ3v) is 6.53. The zero-order chi connectivity index (χ0) is 21.4. The van der Waals surface area contributed by atoms with Crippen molar-refractivity contribution < 1.29 is 29.6 Å². The van der Waals surface area contributed by atoms with Crippen LogP contribution in [-0.4, -0.2) is 45.2 Å². The number of hydrogen-bond donors (Lipinski definition) is 3. The second-order valence-electron chi connectivity index (χ2n) is 9.38. The summed E-state index contributed by atoms with van der Waals surface area (Å²) in [5.74, 6) is 0.103. The molecule has 29 heavy (non-hydrogen) atoms. The van der Waals surface area contributed by atoms with Gasteiger partial charge in [-0.1, -0.05) is 19.8 Å². The Hall–Kier alpha value is -1.79. The molecule has 1 aliphatic carbocycles. The molecule has 1 saturated carbocycles. The van der Waals surface area contributed by atoms with Crippen LogP contribution >= 0.6 is 0 Å². The Balaban J connectivity index is 2.05. The van der Waals surface area contributed by atoms with Gasteiger partial charge in [0.1, 0.15) is 17.1 Å². The van der Waals surface area contributed by atoms with E-state index >= 15 is 0 Å². The highest BCUT2D eigenvalue weighted by Gasteiger charge is 2.53. The van der Waals surface area contributed by atoms with Crippen molar-refractivity contribution in [1.29, 1.82) is 0 Å². The SMILES string of the molecule is CCCCCc1cc(OCC(=O)O)c2c(c1)OC(C)(C)[C@@H]1CC(O)C(C)(O)C[C@@H]21. The minimum atomic E-state index is -1.21. The Bertz CT molecular complexity index is 754. The van der Waals surface area contributed by atoms with Gasteiger partial charge in [-0.2, -0.15) is 0 Å². The number of hydrogen-bond acceptors (Lipinski definition) is 5. The van der Waals surface area contributed by atoms with Crippen molar-refractivity contribution in [3.63, 3.8) is 0 Å². The molecule has 162 valence electrons. The summed E-state index contributed by atoms with van der Waals surface area (Å²) in [7, 11) is 0. The lowest BCUT2D eigenvalue weighted by atomic mass is 9.62. The van der Waals surface area contributed by atoms with Crippen molar-refractivity contribution in [2.75, 3.05) is 6.61 Å². The molecule has 0 radical (unpaired) electrons. The molecule has 2 aliphatic rings. The third-order valence-electron chi connectivity index (χ3n) is 6.53. The fourth-order valence-corrected chi connectivity index (χ4v) is 4.90. The largest absolute Gasteiger partial charge is 0.487 e. The first kappa shape index (κ1) is 21.9. The van der Waals surface area contributed by atoms with E-state index in [1.54, 1.807) is 6.92 Å². The van der Waals surface area contributed by atoms with E-state index in [1.165, 1.54) is 0 Å². The van der Waals surface area contributed by atoms with Crippen LogP contribution in [0.5, 0.6) is 11.5 Å². The van der Waals surface area contributed by atoms with Gasteiger partial charge in [-0.25, -0.2) is 4.79 Å². The molecule has 0 aromatic heterocycles. The number of rotatable bonds is 7. The Kier molecular flexibility index (Phi) is 6.16. The van der Waals surface area contributed by atoms with Gasteiger partial charge in [0, 0.05) is 17.4 Å². The summed E-state index contributed by atoms with van der Waals surface area (Å²) in [5.41, 5.74) is 0.160. The van der Waals surface area contributed by atoms with Crippen molar-refractivity contribution in [2.24, 2.45) is 5.92 Å². The summed E-state index contributed by atoms with van der Waals surface area (Å²) in [4.78, 5) is 11.1. The number of carboxylic acid groups (broad SMARTS) is 1. The van der Waals surface area contributed by atoms with Gasteiger partial charge in [0.25, 0.3) is 0 Å². The molecule has 3 rings (SSSR count). The minimum absolute atomic E-state index is 0.0108. The first-order chi connectivity index (χ1) is 13.5. The van der Waals surface area contributed by atoms with Gasteiger partial charge < -0.3 is 24.8 Å². The molecule has 0 spiro atoms. The Morgan fingerprint density at radius 1 is 1.28 bits per heavy atom. The molecule has 2 unspecified atom stereocenters. The summed E-state index contributed by atoms with van der Waals surface area (Å²) >= 11 is 0. The van der Waals surface area contributed by atoms with Crippen molar-refractivity contribution in [3.8, 4) is 11.5 Å². The highest BCUT2D eigenvalue weighted by Crippen LogP contribution is 2.56. The first-order valence-electron chi connectivity index (χ1n) is 10.7. The van der Waals surface area contributed by atoms with Crippen molar-refractivity contribution in [3.05, 3.63) is 23.3 Å². The summed E-state index contributed by atoms with van der Waals surface area (Å²) in [5, 5.41) is 30.3. The molecule has 6 heteroatoms. The molecule has 0 amide bonds. The zero-order valence-corrected chi connectivity index (χ0v) is 17.9. The Morgan fingerprint density at radius 2 is 2.00 bits per heavy atom. The Morgan fingerprint density at radius 3 is 2.66 bits per heavy atom. The van der Waals surface area contributed by atoms with E-state index in [0.29, 0.717) is 24.3 Å². The van der Waals surface area contributed by atoms with Gasteiger partial charge in [-0.05, 0) is 64.2 Å². The minimum Gasteiger partial charge on any atom is -0.487 e. The summed E-state index contributed by atoms with van der Waals surface area (Å²) in [6.07, 6.45) is 4.13. The number of aryl methyl sites for hydroxylation is 1. The number of aliphatic hydroxyl groups excluding tert-OH is 1. The van der Waals surface area contributed by atoms with E-state index in [2.05, 4.69) is 6.92 Å². The number of fused-ring (bicyclic) bond motifs is 3. The molecule has 1 aromatic carbocycles. The number of carbonyl (C=O) groups is 1. The maximum absolute atomic E-state index is 11.1. The lowest BCUT2D eigenvalue weighted by Crippen LogP contribution is -2.55.